The molecule has 1 fully saturated rings. The number of rotatable bonds is 2. The van der Waals surface area contributed by atoms with Crippen LogP contribution in [0, 0.1) is 6.92 Å². The number of nitrogens with zero attached hydrogens (tertiary/aromatic N) is 2. The first-order valence-corrected chi connectivity index (χ1v) is 6.84. The van der Waals surface area contributed by atoms with Gasteiger partial charge in [0.05, 0.1) is 15.2 Å². The van der Waals surface area contributed by atoms with Crippen molar-refractivity contribution in [3.8, 4) is 0 Å². The summed E-state index contributed by atoms with van der Waals surface area (Å²) < 4.78 is 1.28. The maximum atomic E-state index is 4.48. The minimum atomic E-state index is 0.589. The van der Waals surface area contributed by atoms with E-state index < -0.39 is 0 Å². The van der Waals surface area contributed by atoms with E-state index in [1.165, 1.54) is 23.4 Å². The van der Waals surface area contributed by atoms with Crippen LogP contribution in [0.5, 0.6) is 0 Å². The number of nitrogens with one attached hydrogen (secondary N) is 1. The van der Waals surface area contributed by atoms with Crippen LogP contribution in [-0.2, 0) is 0 Å². The van der Waals surface area contributed by atoms with Crippen LogP contribution in [0.2, 0.25) is 0 Å². The number of likely N-dealkylation sites (N-methyl/N-ethyl adjacent to an activating group) is 1. The van der Waals surface area contributed by atoms with Crippen molar-refractivity contribution >= 4 is 27.2 Å². The number of aryl methyl sites for hydroxylation is 1. The highest BCUT2D eigenvalue weighted by Gasteiger charge is 2.18. The minimum absolute atomic E-state index is 0.589. The lowest BCUT2D eigenvalue weighted by Gasteiger charge is -2.14. The van der Waals surface area contributed by atoms with Crippen molar-refractivity contribution in [1.82, 2.24) is 9.88 Å². The molecule has 1 aromatic heterocycles. The fourth-order valence-corrected chi connectivity index (χ4v) is 3.28. The van der Waals surface area contributed by atoms with E-state index in [9.17, 15) is 0 Å². The molecule has 0 radical (unpaired) electrons. The fraction of sp³-hybridized carbons (Fsp3) is 0.462. The molecule has 1 atom stereocenters. The number of thiazole rings is 1. The van der Waals surface area contributed by atoms with E-state index in [-0.39, 0.29) is 0 Å². The van der Waals surface area contributed by atoms with Crippen LogP contribution >= 0.6 is 11.3 Å². The van der Waals surface area contributed by atoms with Crippen molar-refractivity contribution in [2.24, 2.45) is 0 Å². The second kappa shape index (κ2) is 4.27. The normalized spacial score (nSPS) is 21.2. The SMILES string of the molecule is Cc1nc2ccc(NC3CCN(C)C3)cc2s1. The second-order valence-electron chi connectivity index (χ2n) is 4.81. The quantitative estimate of drug-likeness (QED) is 0.884. The minimum Gasteiger partial charge on any atom is -0.381 e. The number of benzene rings is 1. The Hall–Kier alpha value is -1.13. The molecular formula is C13H17N3S. The van der Waals surface area contributed by atoms with Crippen LogP contribution in [0.4, 0.5) is 5.69 Å². The lowest BCUT2D eigenvalue weighted by atomic mass is 10.2. The molecule has 1 aromatic carbocycles. The van der Waals surface area contributed by atoms with Gasteiger partial charge in [-0.1, -0.05) is 0 Å². The monoisotopic (exact) mass is 247 g/mol. The van der Waals surface area contributed by atoms with Crippen LogP contribution in [-0.4, -0.2) is 36.1 Å². The molecule has 3 nitrogen and oxygen atoms in total. The Labute approximate surface area is 105 Å². The fourth-order valence-electron chi connectivity index (χ4n) is 2.42. The molecule has 1 saturated heterocycles. The molecule has 90 valence electrons. The zero-order chi connectivity index (χ0) is 11.8. The highest BCUT2D eigenvalue weighted by Crippen LogP contribution is 2.25. The Balaban J connectivity index is 1.80. The average Bonchev–Trinajstić information content (AvgIpc) is 2.83. The maximum Gasteiger partial charge on any atom is 0.0907 e. The Morgan fingerprint density at radius 1 is 1.47 bits per heavy atom. The molecule has 0 bridgehead atoms. The van der Waals surface area contributed by atoms with Gasteiger partial charge >= 0.3 is 0 Å². The predicted octanol–water partition coefficient (Wildman–Crippen LogP) is 2.72. The molecule has 0 spiro atoms. The van der Waals surface area contributed by atoms with Gasteiger partial charge in [-0.15, -0.1) is 11.3 Å². The van der Waals surface area contributed by atoms with Gasteiger partial charge in [0, 0.05) is 18.3 Å². The largest absolute Gasteiger partial charge is 0.381 e. The first-order chi connectivity index (χ1) is 8.20. The third-order valence-corrected chi connectivity index (χ3v) is 4.19. The lowest BCUT2D eigenvalue weighted by Crippen LogP contribution is -2.23. The van der Waals surface area contributed by atoms with Crippen molar-refractivity contribution in [3.63, 3.8) is 0 Å². The number of hydrogen-bond donors (Lipinski definition) is 1. The number of aromatic nitrogens is 1. The Bertz CT molecular complexity index is 534. The van der Waals surface area contributed by atoms with E-state index >= 15 is 0 Å². The summed E-state index contributed by atoms with van der Waals surface area (Å²) in [5.74, 6) is 0. The molecule has 1 aliphatic heterocycles. The third kappa shape index (κ3) is 2.28. The summed E-state index contributed by atoms with van der Waals surface area (Å²) in [6.45, 7) is 4.39. The standard InChI is InChI=1S/C13H17N3S/c1-9-14-12-4-3-10(7-13(12)17-9)15-11-5-6-16(2)8-11/h3-4,7,11,15H,5-6,8H2,1-2H3. The van der Waals surface area contributed by atoms with Gasteiger partial charge in [-0.2, -0.15) is 0 Å². The maximum absolute atomic E-state index is 4.48. The second-order valence-corrected chi connectivity index (χ2v) is 6.04. The van der Waals surface area contributed by atoms with Gasteiger partial charge in [-0.25, -0.2) is 4.98 Å². The van der Waals surface area contributed by atoms with Gasteiger partial charge in [0.2, 0.25) is 0 Å². The van der Waals surface area contributed by atoms with Crippen LogP contribution < -0.4 is 5.32 Å². The number of hydrogen-bond acceptors (Lipinski definition) is 4. The first kappa shape index (κ1) is 11.0. The van der Waals surface area contributed by atoms with Crippen LogP contribution in [0.3, 0.4) is 0 Å². The van der Waals surface area contributed by atoms with Gasteiger partial charge in [-0.3, -0.25) is 0 Å². The Kier molecular flexibility index (Phi) is 2.76. The van der Waals surface area contributed by atoms with Gasteiger partial charge in [0.25, 0.3) is 0 Å². The summed E-state index contributed by atoms with van der Waals surface area (Å²) in [5, 5.41) is 4.75. The molecule has 1 aliphatic rings. The molecule has 0 amide bonds. The summed E-state index contributed by atoms with van der Waals surface area (Å²) in [6, 6.07) is 7.06. The molecule has 2 heterocycles. The van der Waals surface area contributed by atoms with Gasteiger partial charge in [0.1, 0.15) is 0 Å². The van der Waals surface area contributed by atoms with Gasteiger partial charge < -0.3 is 10.2 Å². The van der Waals surface area contributed by atoms with E-state index in [0.29, 0.717) is 6.04 Å². The molecule has 2 aromatic rings. The van der Waals surface area contributed by atoms with E-state index in [0.717, 1.165) is 17.1 Å². The van der Waals surface area contributed by atoms with Crippen LogP contribution in [0.25, 0.3) is 10.2 Å². The van der Waals surface area contributed by atoms with Crippen molar-refractivity contribution in [2.45, 2.75) is 19.4 Å². The lowest BCUT2D eigenvalue weighted by molar-refractivity contribution is 0.414. The summed E-state index contributed by atoms with van der Waals surface area (Å²) in [7, 11) is 2.18. The van der Waals surface area contributed by atoms with Gasteiger partial charge in [-0.05, 0) is 45.1 Å². The Morgan fingerprint density at radius 3 is 3.12 bits per heavy atom. The van der Waals surface area contributed by atoms with Crippen molar-refractivity contribution < 1.29 is 0 Å². The molecule has 0 saturated carbocycles. The summed E-state index contributed by atoms with van der Waals surface area (Å²) in [4.78, 5) is 6.85. The molecule has 4 heteroatoms. The van der Waals surface area contributed by atoms with Crippen LogP contribution in [0.1, 0.15) is 11.4 Å². The predicted molar refractivity (Wildman–Crippen MR) is 73.9 cm³/mol. The molecule has 1 unspecified atom stereocenters. The molecule has 0 aliphatic carbocycles. The smallest absolute Gasteiger partial charge is 0.0907 e. The molecule has 17 heavy (non-hydrogen) atoms. The summed E-state index contributed by atoms with van der Waals surface area (Å²) in [6.07, 6.45) is 1.23. The van der Waals surface area contributed by atoms with Crippen LogP contribution in [0.15, 0.2) is 18.2 Å². The zero-order valence-electron chi connectivity index (χ0n) is 10.2. The molecule has 1 N–H and O–H groups in total. The van der Waals surface area contributed by atoms with E-state index in [1.807, 2.05) is 0 Å². The van der Waals surface area contributed by atoms with Crippen molar-refractivity contribution in [1.29, 1.82) is 0 Å². The highest BCUT2D eigenvalue weighted by atomic mass is 32.1. The van der Waals surface area contributed by atoms with E-state index in [2.05, 4.69) is 47.4 Å². The van der Waals surface area contributed by atoms with E-state index in [4.69, 9.17) is 0 Å². The van der Waals surface area contributed by atoms with Crippen molar-refractivity contribution in [3.05, 3.63) is 23.2 Å². The Morgan fingerprint density at radius 2 is 2.35 bits per heavy atom. The summed E-state index contributed by atoms with van der Waals surface area (Å²) in [5.41, 5.74) is 2.34. The third-order valence-electron chi connectivity index (χ3n) is 3.26. The average molecular weight is 247 g/mol. The van der Waals surface area contributed by atoms with E-state index in [1.54, 1.807) is 11.3 Å². The molecule has 3 rings (SSSR count). The number of likely N-dealkylation sites (tertiary alicyclic amines) is 1. The summed E-state index contributed by atoms with van der Waals surface area (Å²) >= 11 is 1.76. The van der Waals surface area contributed by atoms with Crippen molar-refractivity contribution in [2.75, 3.05) is 25.5 Å². The number of anilines is 1. The molecular weight excluding hydrogens is 230 g/mol. The zero-order valence-corrected chi connectivity index (χ0v) is 11.0. The van der Waals surface area contributed by atoms with Gasteiger partial charge in [0.15, 0.2) is 0 Å². The topological polar surface area (TPSA) is 28.2 Å². The number of fused-ring (bicyclic) bond motifs is 1. The highest BCUT2D eigenvalue weighted by molar-refractivity contribution is 7.18. The first-order valence-electron chi connectivity index (χ1n) is 6.03.